The van der Waals surface area contributed by atoms with E-state index in [2.05, 4.69) is 29.1 Å². The first-order chi connectivity index (χ1) is 10.9. The van der Waals surface area contributed by atoms with Crippen LogP contribution >= 0.6 is 24.0 Å². The second kappa shape index (κ2) is 10.1. The number of piperidine rings is 1. The van der Waals surface area contributed by atoms with E-state index in [0.29, 0.717) is 44.7 Å². The smallest absolute Gasteiger partial charge is 0.215 e. The lowest BCUT2D eigenvalue weighted by Gasteiger charge is -2.37. The highest BCUT2D eigenvalue weighted by atomic mass is 127. The Morgan fingerprint density at radius 3 is 2.33 bits per heavy atom. The highest BCUT2D eigenvalue weighted by Gasteiger charge is 2.26. The zero-order chi connectivity index (χ0) is 16.9. The molecule has 7 nitrogen and oxygen atoms in total. The van der Waals surface area contributed by atoms with Crippen LogP contribution in [0.25, 0.3) is 0 Å². The Morgan fingerprint density at radius 2 is 1.79 bits per heavy atom. The minimum Gasteiger partial charge on any atom is -0.379 e. The van der Waals surface area contributed by atoms with Crippen molar-refractivity contribution < 1.29 is 13.2 Å². The van der Waals surface area contributed by atoms with Crippen LogP contribution in [0.15, 0.2) is 4.99 Å². The van der Waals surface area contributed by atoms with E-state index in [9.17, 15) is 8.42 Å². The van der Waals surface area contributed by atoms with E-state index in [1.165, 1.54) is 10.7 Å². The van der Waals surface area contributed by atoms with Crippen molar-refractivity contribution in [3.63, 3.8) is 0 Å². The Kier molecular flexibility index (Phi) is 9.24. The summed E-state index contributed by atoms with van der Waals surface area (Å²) in [6.45, 7) is 8.70. The van der Waals surface area contributed by atoms with Gasteiger partial charge in [0, 0.05) is 39.8 Å². The van der Waals surface area contributed by atoms with Crippen LogP contribution in [0.5, 0.6) is 0 Å². The number of guanidine groups is 1. The van der Waals surface area contributed by atoms with Crippen molar-refractivity contribution in [1.29, 1.82) is 0 Å². The third-order valence-corrected chi connectivity index (χ3v) is 6.26. The van der Waals surface area contributed by atoms with Gasteiger partial charge in [0.15, 0.2) is 5.96 Å². The molecule has 0 bridgehead atoms. The van der Waals surface area contributed by atoms with Crippen LogP contribution in [-0.2, 0) is 14.8 Å². The van der Waals surface area contributed by atoms with Gasteiger partial charge in [0.25, 0.3) is 0 Å². The molecule has 0 spiro atoms. The largest absolute Gasteiger partial charge is 0.379 e. The molecule has 2 aliphatic rings. The van der Waals surface area contributed by atoms with Gasteiger partial charge in [-0.2, -0.15) is 4.31 Å². The van der Waals surface area contributed by atoms with Crippen molar-refractivity contribution >= 4 is 40.0 Å². The van der Waals surface area contributed by atoms with Crippen LogP contribution < -0.4 is 5.32 Å². The average Bonchev–Trinajstić information content (AvgIpc) is 2.51. The van der Waals surface area contributed by atoms with Gasteiger partial charge in [-0.3, -0.25) is 4.99 Å². The molecule has 1 N–H and O–H groups in total. The zero-order valence-electron chi connectivity index (χ0n) is 14.9. The summed E-state index contributed by atoms with van der Waals surface area (Å²) >= 11 is 0. The number of aliphatic imine (C=N–C) groups is 1. The van der Waals surface area contributed by atoms with Crippen molar-refractivity contribution in [3.05, 3.63) is 0 Å². The topological polar surface area (TPSA) is 74.2 Å². The lowest BCUT2D eigenvalue weighted by molar-refractivity contribution is 0.0730. The van der Waals surface area contributed by atoms with Gasteiger partial charge in [-0.1, -0.05) is 13.8 Å². The molecule has 2 rings (SSSR count). The predicted molar refractivity (Wildman–Crippen MR) is 107 cm³/mol. The summed E-state index contributed by atoms with van der Waals surface area (Å²) in [5, 5.41) is 3.21. The molecule has 2 fully saturated rings. The molecule has 0 aromatic rings. The molecular formula is C15H31IN4O3S. The number of morpholine rings is 1. The van der Waals surface area contributed by atoms with E-state index < -0.39 is 10.0 Å². The molecule has 2 aliphatic heterocycles. The number of rotatable bonds is 4. The van der Waals surface area contributed by atoms with Crippen LogP contribution in [0.4, 0.5) is 0 Å². The summed E-state index contributed by atoms with van der Waals surface area (Å²) in [7, 11) is -1.47. The van der Waals surface area contributed by atoms with Gasteiger partial charge in [-0.25, -0.2) is 8.42 Å². The van der Waals surface area contributed by atoms with Crippen molar-refractivity contribution in [2.45, 2.75) is 20.3 Å². The highest BCUT2D eigenvalue weighted by molar-refractivity contribution is 14.0. The second-order valence-corrected chi connectivity index (χ2v) is 8.74. The Morgan fingerprint density at radius 1 is 1.21 bits per heavy atom. The molecule has 0 aromatic carbocycles. The van der Waals surface area contributed by atoms with Crippen molar-refractivity contribution in [1.82, 2.24) is 14.5 Å². The molecule has 2 saturated heterocycles. The highest BCUT2D eigenvalue weighted by Crippen LogP contribution is 2.20. The van der Waals surface area contributed by atoms with Gasteiger partial charge in [0.05, 0.1) is 19.0 Å². The fourth-order valence-electron chi connectivity index (χ4n) is 3.41. The maximum absolute atomic E-state index is 12.3. The van der Waals surface area contributed by atoms with Crippen LogP contribution in [0.1, 0.15) is 20.3 Å². The summed E-state index contributed by atoms with van der Waals surface area (Å²) in [5.41, 5.74) is 0. The van der Waals surface area contributed by atoms with Crippen LogP contribution in [0.3, 0.4) is 0 Å². The molecule has 2 unspecified atom stereocenters. The summed E-state index contributed by atoms with van der Waals surface area (Å²) in [6, 6.07) is 0. The Balaban J connectivity index is 0.00000288. The van der Waals surface area contributed by atoms with E-state index in [0.717, 1.165) is 19.0 Å². The molecule has 0 aromatic heterocycles. The Hall–Kier alpha value is -0.130. The molecule has 0 saturated carbocycles. The van der Waals surface area contributed by atoms with Gasteiger partial charge < -0.3 is 15.0 Å². The number of hydrogen-bond donors (Lipinski definition) is 1. The maximum atomic E-state index is 12.3. The number of ether oxygens (including phenoxy) is 1. The van der Waals surface area contributed by atoms with Gasteiger partial charge in [-0.15, -0.1) is 24.0 Å². The normalized spacial score (nSPS) is 26.8. The molecule has 0 aliphatic carbocycles. The summed E-state index contributed by atoms with van der Waals surface area (Å²) in [4.78, 5) is 6.55. The van der Waals surface area contributed by atoms with Crippen molar-refractivity contribution in [3.8, 4) is 0 Å². The molecule has 0 radical (unpaired) electrons. The third kappa shape index (κ3) is 6.30. The van der Waals surface area contributed by atoms with Gasteiger partial charge in [0.1, 0.15) is 0 Å². The number of hydrogen-bond acceptors (Lipinski definition) is 4. The van der Waals surface area contributed by atoms with E-state index in [1.807, 2.05) is 0 Å². The van der Waals surface area contributed by atoms with Crippen LogP contribution in [0.2, 0.25) is 0 Å². The molecule has 2 heterocycles. The lowest BCUT2D eigenvalue weighted by Crippen LogP contribution is -2.50. The summed E-state index contributed by atoms with van der Waals surface area (Å²) < 4.78 is 31.4. The summed E-state index contributed by atoms with van der Waals surface area (Å²) in [5.74, 6) is 2.16. The number of halogens is 1. The second-order valence-electron chi connectivity index (χ2n) is 6.65. The van der Waals surface area contributed by atoms with E-state index in [1.54, 1.807) is 7.05 Å². The molecular weight excluding hydrogens is 443 g/mol. The Labute approximate surface area is 163 Å². The molecule has 2 atom stereocenters. The quantitative estimate of drug-likeness (QED) is 0.371. The average molecular weight is 474 g/mol. The zero-order valence-corrected chi connectivity index (χ0v) is 18.0. The minimum absolute atomic E-state index is 0. The minimum atomic E-state index is -3.22. The number of nitrogens with one attached hydrogen (secondary N) is 1. The monoisotopic (exact) mass is 474 g/mol. The number of likely N-dealkylation sites (tertiary alicyclic amines) is 1. The van der Waals surface area contributed by atoms with Crippen molar-refractivity contribution in [2.75, 3.05) is 58.7 Å². The van der Waals surface area contributed by atoms with Gasteiger partial charge in [0.2, 0.25) is 10.0 Å². The summed E-state index contributed by atoms with van der Waals surface area (Å²) in [6.07, 6.45) is 1.24. The van der Waals surface area contributed by atoms with Crippen molar-refractivity contribution in [2.24, 2.45) is 16.8 Å². The first-order valence-electron chi connectivity index (χ1n) is 8.43. The first-order valence-corrected chi connectivity index (χ1v) is 10.0. The SMILES string of the molecule is CN=C(NCCS(=O)(=O)N1CCOCC1)N1CC(C)CC(C)C1.I. The third-order valence-electron chi connectivity index (χ3n) is 4.39. The standard InChI is InChI=1S/C15H30N4O3S.HI/c1-13-10-14(2)12-18(11-13)15(16-3)17-4-9-23(20,21)19-5-7-22-8-6-19;/h13-14H,4-12H2,1-3H3,(H,16,17);1H. The van der Waals surface area contributed by atoms with E-state index in [4.69, 9.17) is 4.74 Å². The fraction of sp³-hybridized carbons (Fsp3) is 0.933. The number of sulfonamides is 1. The van der Waals surface area contributed by atoms with Gasteiger partial charge >= 0.3 is 0 Å². The first kappa shape index (κ1) is 21.9. The van der Waals surface area contributed by atoms with E-state index in [-0.39, 0.29) is 29.7 Å². The van der Waals surface area contributed by atoms with E-state index >= 15 is 0 Å². The molecule has 0 amide bonds. The van der Waals surface area contributed by atoms with Crippen LogP contribution in [0, 0.1) is 11.8 Å². The maximum Gasteiger partial charge on any atom is 0.215 e. The molecule has 142 valence electrons. The lowest BCUT2D eigenvalue weighted by atomic mass is 9.92. The fourth-order valence-corrected chi connectivity index (χ4v) is 4.74. The van der Waals surface area contributed by atoms with Gasteiger partial charge in [-0.05, 0) is 18.3 Å². The van der Waals surface area contributed by atoms with Crippen LogP contribution in [-0.4, -0.2) is 82.3 Å². The predicted octanol–water partition coefficient (Wildman–Crippen LogP) is 0.820. The number of nitrogens with zero attached hydrogens (tertiary/aromatic N) is 3. The Bertz CT molecular complexity index is 499. The molecule has 9 heteroatoms. The molecule has 24 heavy (non-hydrogen) atoms.